The smallest absolute Gasteiger partial charge is 0.243 e. The van der Waals surface area contributed by atoms with E-state index >= 15 is 0 Å². The molecule has 1 aromatic carbocycles. The van der Waals surface area contributed by atoms with Gasteiger partial charge in [0.1, 0.15) is 0 Å². The van der Waals surface area contributed by atoms with Gasteiger partial charge in [-0.05, 0) is 44.0 Å². The largest absolute Gasteiger partial charge is 0.377 e. The van der Waals surface area contributed by atoms with Gasteiger partial charge in [0.25, 0.3) is 0 Å². The lowest BCUT2D eigenvalue weighted by Crippen LogP contribution is -2.31. The lowest BCUT2D eigenvalue weighted by molar-refractivity contribution is 0.0737. The lowest BCUT2D eigenvalue weighted by atomic mass is 10.1. The molecule has 0 heterocycles. The van der Waals surface area contributed by atoms with Crippen LogP contribution in [0.2, 0.25) is 0 Å². The van der Waals surface area contributed by atoms with E-state index in [9.17, 15) is 8.42 Å². The zero-order chi connectivity index (χ0) is 16.2. The molecule has 1 aromatic rings. The summed E-state index contributed by atoms with van der Waals surface area (Å²) >= 11 is 3.39. The average Bonchev–Trinajstić information content (AvgIpc) is 2.40. The molecule has 0 aliphatic heterocycles. The molecule has 0 saturated heterocycles. The summed E-state index contributed by atoms with van der Waals surface area (Å²) in [5.41, 5.74) is 7.08. The van der Waals surface area contributed by atoms with E-state index in [0.29, 0.717) is 25.3 Å². The summed E-state index contributed by atoms with van der Waals surface area (Å²) in [5, 5.41) is 0. The second-order valence-electron chi connectivity index (χ2n) is 5.15. The molecule has 0 bridgehead atoms. The van der Waals surface area contributed by atoms with Gasteiger partial charge in [-0.3, -0.25) is 0 Å². The number of ether oxygens (including phenoxy) is 1. The Labute approximate surface area is 135 Å². The minimum atomic E-state index is -3.55. The van der Waals surface area contributed by atoms with Crippen LogP contribution in [0.5, 0.6) is 0 Å². The van der Waals surface area contributed by atoms with Gasteiger partial charge in [-0.1, -0.05) is 15.9 Å². The fourth-order valence-corrected chi connectivity index (χ4v) is 3.88. The molecule has 0 fully saturated rings. The molecule has 0 aliphatic carbocycles. The highest BCUT2D eigenvalue weighted by Crippen LogP contribution is 2.27. The van der Waals surface area contributed by atoms with E-state index < -0.39 is 10.0 Å². The lowest BCUT2D eigenvalue weighted by Gasteiger charge is -2.20. The average molecular weight is 379 g/mol. The Bertz CT molecular complexity index is 588. The molecule has 0 amide bonds. The van der Waals surface area contributed by atoms with Crippen LogP contribution in [0, 0.1) is 6.92 Å². The van der Waals surface area contributed by atoms with Crippen LogP contribution in [0.25, 0.3) is 0 Å². The monoisotopic (exact) mass is 378 g/mol. The highest BCUT2D eigenvalue weighted by Gasteiger charge is 2.24. The molecule has 0 aromatic heterocycles. The van der Waals surface area contributed by atoms with Gasteiger partial charge in [0.05, 0.1) is 17.6 Å². The van der Waals surface area contributed by atoms with Gasteiger partial charge in [0.15, 0.2) is 0 Å². The maximum atomic E-state index is 12.7. The number of hydrogen-bond acceptors (Lipinski definition) is 4. The second-order valence-corrected chi connectivity index (χ2v) is 8.02. The minimum Gasteiger partial charge on any atom is -0.377 e. The van der Waals surface area contributed by atoms with Crippen LogP contribution in [0.1, 0.15) is 25.0 Å². The van der Waals surface area contributed by atoms with Crippen molar-refractivity contribution >= 4 is 26.0 Å². The predicted octanol–water partition coefficient (Wildman–Crippen LogP) is 2.26. The highest BCUT2D eigenvalue weighted by atomic mass is 79.9. The van der Waals surface area contributed by atoms with Crippen molar-refractivity contribution in [3.05, 3.63) is 27.7 Å². The molecule has 21 heavy (non-hydrogen) atoms. The summed E-state index contributed by atoms with van der Waals surface area (Å²) in [4.78, 5) is 0.282. The highest BCUT2D eigenvalue weighted by molar-refractivity contribution is 9.10. The predicted molar refractivity (Wildman–Crippen MR) is 87.7 cm³/mol. The van der Waals surface area contributed by atoms with E-state index in [2.05, 4.69) is 15.9 Å². The Morgan fingerprint density at radius 1 is 1.38 bits per heavy atom. The maximum Gasteiger partial charge on any atom is 0.243 e. The van der Waals surface area contributed by atoms with Crippen LogP contribution in [-0.4, -0.2) is 39.0 Å². The third-order valence-corrected chi connectivity index (χ3v) is 5.94. The van der Waals surface area contributed by atoms with Crippen molar-refractivity contribution in [1.29, 1.82) is 0 Å². The topological polar surface area (TPSA) is 72.6 Å². The van der Waals surface area contributed by atoms with Gasteiger partial charge >= 0.3 is 0 Å². The van der Waals surface area contributed by atoms with Crippen LogP contribution in [0.4, 0.5) is 0 Å². The Kier molecular flexibility index (Phi) is 6.80. The second kappa shape index (κ2) is 7.69. The summed E-state index contributed by atoms with van der Waals surface area (Å²) in [6.07, 6.45) is 0.0811. The molecule has 0 radical (unpaired) electrons. The van der Waals surface area contributed by atoms with Gasteiger partial charge in [0, 0.05) is 24.6 Å². The van der Waals surface area contributed by atoms with Gasteiger partial charge in [-0.2, -0.15) is 4.31 Å². The summed E-state index contributed by atoms with van der Waals surface area (Å²) in [6.45, 7) is 6.58. The zero-order valence-electron chi connectivity index (χ0n) is 12.9. The first-order valence-corrected chi connectivity index (χ1v) is 9.00. The summed E-state index contributed by atoms with van der Waals surface area (Å²) in [6, 6.07) is 3.48. The van der Waals surface area contributed by atoms with Crippen molar-refractivity contribution in [2.24, 2.45) is 5.73 Å². The molecule has 1 rings (SSSR count). The van der Waals surface area contributed by atoms with Gasteiger partial charge in [-0.25, -0.2) is 8.42 Å². The molecule has 120 valence electrons. The molecule has 0 unspecified atom stereocenters. The quantitative estimate of drug-likeness (QED) is 0.789. The van der Waals surface area contributed by atoms with Crippen molar-refractivity contribution in [3.63, 3.8) is 0 Å². The number of hydrogen-bond donors (Lipinski definition) is 1. The molecule has 0 aliphatic rings. The zero-order valence-corrected chi connectivity index (χ0v) is 15.3. The van der Waals surface area contributed by atoms with Gasteiger partial charge in [0.2, 0.25) is 10.0 Å². The Hall–Kier alpha value is -0.470. The standard InChI is InChI=1S/C14H23BrN2O3S/c1-10(2)20-6-5-17(4)21(18,19)14-8-12(9-16)7-13(15)11(14)3/h7-8,10H,5-6,9,16H2,1-4H3. The van der Waals surface area contributed by atoms with Crippen LogP contribution >= 0.6 is 15.9 Å². The van der Waals surface area contributed by atoms with E-state index in [-0.39, 0.29) is 11.0 Å². The van der Waals surface area contributed by atoms with Crippen molar-refractivity contribution < 1.29 is 13.2 Å². The number of benzene rings is 1. The van der Waals surface area contributed by atoms with E-state index in [4.69, 9.17) is 10.5 Å². The summed E-state index contributed by atoms with van der Waals surface area (Å²) in [5.74, 6) is 0. The van der Waals surface area contributed by atoms with Crippen LogP contribution < -0.4 is 5.73 Å². The minimum absolute atomic E-state index is 0.0811. The van der Waals surface area contributed by atoms with Gasteiger partial charge in [-0.15, -0.1) is 0 Å². The molecule has 2 N–H and O–H groups in total. The van der Waals surface area contributed by atoms with E-state index in [1.165, 1.54) is 4.31 Å². The first-order valence-electron chi connectivity index (χ1n) is 6.77. The third kappa shape index (κ3) is 4.75. The fourth-order valence-electron chi connectivity index (χ4n) is 1.80. The van der Waals surface area contributed by atoms with Crippen LogP contribution in [-0.2, 0) is 21.3 Å². The van der Waals surface area contributed by atoms with Crippen LogP contribution in [0.15, 0.2) is 21.5 Å². The van der Waals surface area contributed by atoms with Crippen molar-refractivity contribution in [1.82, 2.24) is 4.31 Å². The molecular formula is C14H23BrN2O3S. The Morgan fingerprint density at radius 3 is 2.52 bits per heavy atom. The normalized spacial score (nSPS) is 12.4. The van der Waals surface area contributed by atoms with E-state index in [1.807, 2.05) is 19.9 Å². The third-order valence-electron chi connectivity index (χ3n) is 3.14. The fraction of sp³-hybridized carbons (Fsp3) is 0.571. The Balaban J connectivity index is 3.04. The van der Waals surface area contributed by atoms with Crippen molar-refractivity contribution in [2.75, 3.05) is 20.2 Å². The number of halogens is 1. The summed E-state index contributed by atoms with van der Waals surface area (Å²) < 4.78 is 32.8. The maximum absolute atomic E-state index is 12.7. The number of sulfonamides is 1. The molecule has 0 atom stereocenters. The molecule has 0 saturated carbocycles. The van der Waals surface area contributed by atoms with Crippen molar-refractivity contribution in [3.8, 4) is 0 Å². The molecule has 5 nitrogen and oxygen atoms in total. The van der Waals surface area contributed by atoms with E-state index in [0.717, 1.165) is 10.0 Å². The number of rotatable bonds is 7. The number of nitrogens with zero attached hydrogens (tertiary/aromatic N) is 1. The molecule has 0 spiro atoms. The first kappa shape index (κ1) is 18.6. The number of nitrogens with two attached hydrogens (primary N) is 1. The molecular weight excluding hydrogens is 356 g/mol. The first-order chi connectivity index (χ1) is 9.70. The SMILES string of the molecule is Cc1c(Br)cc(CN)cc1S(=O)(=O)N(C)CCOC(C)C. The number of likely N-dealkylation sites (N-methyl/N-ethyl adjacent to an activating group) is 1. The van der Waals surface area contributed by atoms with Gasteiger partial charge < -0.3 is 10.5 Å². The van der Waals surface area contributed by atoms with Crippen LogP contribution in [0.3, 0.4) is 0 Å². The van der Waals surface area contributed by atoms with E-state index in [1.54, 1.807) is 20.0 Å². The molecule has 7 heteroatoms. The Morgan fingerprint density at radius 2 is 2.00 bits per heavy atom. The van der Waals surface area contributed by atoms with Crippen molar-refractivity contribution in [2.45, 2.75) is 38.3 Å². The summed E-state index contributed by atoms with van der Waals surface area (Å²) in [7, 11) is -2.00.